The predicted octanol–water partition coefficient (Wildman–Crippen LogP) is 3.49. The lowest BCUT2D eigenvalue weighted by Crippen LogP contribution is -1.96. The van der Waals surface area contributed by atoms with Crippen LogP contribution in [-0.4, -0.2) is 14.5 Å². The predicted molar refractivity (Wildman–Crippen MR) is 74.9 cm³/mol. The van der Waals surface area contributed by atoms with Crippen LogP contribution < -0.4 is 0 Å². The summed E-state index contributed by atoms with van der Waals surface area (Å²) in [7, 11) is 2.07. The van der Waals surface area contributed by atoms with Gasteiger partial charge in [-0.15, -0.1) is 0 Å². The van der Waals surface area contributed by atoms with Gasteiger partial charge in [-0.05, 0) is 31.0 Å². The van der Waals surface area contributed by atoms with Gasteiger partial charge in [0.05, 0.1) is 17.2 Å². The Morgan fingerprint density at radius 3 is 2.84 bits per heavy atom. The Bertz CT molecular complexity index is 711. The highest BCUT2D eigenvalue weighted by Crippen LogP contribution is 2.27. The van der Waals surface area contributed by atoms with E-state index in [0.29, 0.717) is 5.89 Å². The topological polar surface area (TPSA) is 43.9 Å². The molecule has 2 aromatic heterocycles. The third-order valence-electron chi connectivity index (χ3n) is 3.42. The van der Waals surface area contributed by atoms with Crippen molar-refractivity contribution >= 4 is 11.0 Å². The van der Waals surface area contributed by atoms with Crippen molar-refractivity contribution in [1.82, 2.24) is 14.5 Å². The van der Waals surface area contributed by atoms with Crippen LogP contribution in [0.5, 0.6) is 0 Å². The second kappa shape index (κ2) is 4.53. The maximum Gasteiger partial charge on any atom is 0.225 e. The number of nitrogens with zero attached hydrogens (tertiary/aromatic N) is 3. The highest BCUT2D eigenvalue weighted by Gasteiger charge is 2.12. The van der Waals surface area contributed by atoms with Crippen molar-refractivity contribution in [3.63, 3.8) is 0 Å². The van der Waals surface area contributed by atoms with Gasteiger partial charge in [0.25, 0.3) is 0 Å². The second-order valence-corrected chi connectivity index (χ2v) is 4.84. The average Bonchev–Trinajstić information content (AvgIpc) is 3.01. The quantitative estimate of drug-likeness (QED) is 0.719. The number of hydrogen-bond acceptors (Lipinski definition) is 3. The number of hydrogen-bond donors (Lipinski definition) is 0. The minimum atomic E-state index is 0.656. The van der Waals surface area contributed by atoms with Crippen molar-refractivity contribution in [3.8, 4) is 11.5 Å². The third-order valence-corrected chi connectivity index (χ3v) is 3.42. The van der Waals surface area contributed by atoms with E-state index in [1.54, 1.807) is 12.5 Å². The number of aryl methyl sites for hydroxylation is 3. The first-order valence-electron chi connectivity index (χ1n) is 6.56. The maximum atomic E-state index is 5.38. The van der Waals surface area contributed by atoms with Crippen LogP contribution >= 0.6 is 0 Å². The van der Waals surface area contributed by atoms with Crippen LogP contribution in [0.25, 0.3) is 22.5 Å². The van der Waals surface area contributed by atoms with Crippen molar-refractivity contribution in [2.45, 2.75) is 26.7 Å². The van der Waals surface area contributed by atoms with Crippen LogP contribution in [-0.2, 0) is 13.5 Å². The van der Waals surface area contributed by atoms with Crippen LogP contribution in [0.4, 0.5) is 0 Å². The summed E-state index contributed by atoms with van der Waals surface area (Å²) in [5.74, 6) is 1.79. The van der Waals surface area contributed by atoms with Crippen molar-refractivity contribution < 1.29 is 4.42 Å². The molecule has 1 aromatic carbocycles. The summed E-state index contributed by atoms with van der Waals surface area (Å²) < 4.78 is 7.54. The summed E-state index contributed by atoms with van der Waals surface area (Å²) in [6.45, 7) is 4.25. The molecule has 3 rings (SSSR count). The summed E-state index contributed by atoms with van der Waals surface area (Å²) >= 11 is 0. The summed E-state index contributed by atoms with van der Waals surface area (Å²) in [5.41, 5.74) is 4.36. The van der Waals surface area contributed by atoms with Gasteiger partial charge in [0.2, 0.25) is 5.89 Å². The number of oxazole rings is 1. The first-order valence-corrected chi connectivity index (χ1v) is 6.56. The first-order chi connectivity index (χ1) is 9.20. The van der Waals surface area contributed by atoms with Gasteiger partial charge >= 0.3 is 0 Å². The molecule has 0 radical (unpaired) electrons. The summed E-state index contributed by atoms with van der Waals surface area (Å²) in [5, 5.41) is 0. The molecule has 0 amide bonds. The maximum absolute atomic E-state index is 5.38. The molecule has 0 saturated carbocycles. The fourth-order valence-electron chi connectivity index (χ4n) is 2.44. The van der Waals surface area contributed by atoms with Crippen LogP contribution in [0.1, 0.15) is 24.7 Å². The SMILES string of the molecule is CCCc1nc2c(C)cc(-c3ncco3)cc2n1C. The van der Waals surface area contributed by atoms with Crippen molar-refractivity contribution in [3.05, 3.63) is 36.0 Å². The number of aromatic nitrogens is 3. The zero-order valence-electron chi connectivity index (χ0n) is 11.5. The molecular formula is C15H17N3O. The fourth-order valence-corrected chi connectivity index (χ4v) is 2.44. The zero-order chi connectivity index (χ0) is 13.4. The van der Waals surface area contributed by atoms with E-state index < -0.39 is 0 Å². The summed E-state index contributed by atoms with van der Waals surface area (Å²) in [6.07, 6.45) is 5.36. The van der Waals surface area contributed by atoms with Gasteiger partial charge in [-0.1, -0.05) is 6.92 Å². The van der Waals surface area contributed by atoms with Gasteiger partial charge in [-0.3, -0.25) is 0 Å². The van der Waals surface area contributed by atoms with E-state index in [-0.39, 0.29) is 0 Å². The smallest absolute Gasteiger partial charge is 0.225 e. The van der Waals surface area contributed by atoms with Gasteiger partial charge in [-0.2, -0.15) is 0 Å². The van der Waals surface area contributed by atoms with Gasteiger partial charge in [0, 0.05) is 19.0 Å². The van der Waals surface area contributed by atoms with E-state index in [9.17, 15) is 0 Å². The highest BCUT2D eigenvalue weighted by molar-refractivity contribution is 5.84. The van der Waals surface area contributed by atoms with Crippen molar-refractivity contribution in [2.24, 2.45) is 7.05 Å². The molecule has 0 fully saturated rings. The molecule has 0 atom stereocenters. The first kappa shape index (κ1) is 12.0. The lowest BCUT2D eigenvalue weighted by atomic mass is 10.1. The lowest BCUT2D eigenvalue weighted by Gasteiger charge is -2.02. The molecule has 0 saturated heterocycles. The molecule has 0 aliphatic carbocycles. The van der Waals surface area contributed by atoms with E-state index >= 15 is 0 Å². The van der Waals surface area contributed by atoms with Crippen LogP contribution in [0, 0.1) is 6.92 Å². The van der Waals surface area contributed by atoms with Crippen LogP contribution in [0.3, 0.4) is 0 Å². The van der Waals surface area contributed by atoms with E-state index in [1.165, 1.54) is 0 Å². The van der Waals surface area contributed by atoms with Crippen LogP contribution in [0.2, 0.25) is 0 Å². The molecule has 4 nitrogen and oxygen atoms in total. The Kier molecular flexibility index (Phi) is 2.85. The highest BCUT2D eigenvalue weighted by atomic mass is 16.3. The number of fused-ring (bicyclic) bond motifs is 1. The van der Waals surface area contributed by atoms with Crippen LogP contribution in [0.15, 0.2) is 29.0 Å². The fraction of sp³-hybridized carbons (Fsp3) is 0.333. The van der Waals surface area contributed by atoms with Gasteiger partial charge in [0.1, 0.15) is 12.1 Å². The molecule has 0 unspecified atom stereocenters. The second-order valence-electron chi connectivity index (χ2n) is 4.84. The molecule has 0 aliphatic heterocycles. The van der Waals surface area contributed by atoms with E-state index in [2.05, 4.69) is 42.6 Å². The number of benzene rings is 1. The lowest BCUT2D eigenvalue weighted by molar-refractivity contribution is 0.574. The van der Waals surface area contributed by atoms with E-state index in [0.717, 1.165) is 40.8 Å². The monoisotopic (exact) mass is 255 g/mol. The molecule has 19 heavy (non-hydrogen) atoms. The summed E-state index contributed by atoms with van der Waals surface area (Å²) in [4.78, 5) is 8.95. The zero-order valence-corrected chi connectivity index (χ0v) is 11.5. The number of rotatable bonds is 3. The van der Waals surface area contributed by atoms with Gasteiger partial charge in [-0.25, -0.2) is 9.97 Å². The minimum absolute atomic E-state index is 0.656. The van der Waals surface area contributed by atoms with Gasteiger partial charge < -0.3 is 8.98 Å². The number of imidazole rings is 1. The third kappa shape index (κ3) is 1.93. The molecule has 0 N–H and O–H groups in total. The van der Waals surface area contributed by atoms with E-state index in [4.69, 9.17) is 9.40 Å². The molecule has 98 valence electrons. The Balaban J connectivity index is 2.22. The minimum Gasteiger partial charge on any atom is -0.445 e. The standard InChI is InChI=1S/C15H17N3O/c1-4-5-13-17-14-10(2)8-11(9-12(14)18(13)3)15-16-6-7-19-15/h6-9H,4-5H2,1-3H3. The molecule has 2 heterocycles. The normalized spacial score (nSPS) is 11.3. The Hall–Kier alpha value is -2.10. The van der Waals surface area contributed by atoms with Crippen molar-refractivity contribution in [2.75, 3.05) is 0 Å². The van der Waals surface area contributed by atoms with Gasteiger partial charge in [0.15, 0.2) is 0 Å². The molecular weight excluding hydrogens is 238 g/mol. The Morgan fingerprint density at radius 2 is 2.16 bits per heavy atom. The summed E-state index contributed by atoms with van der Waals surface area (Å²) in [6, 6.07) is 4.18. The average molecular weight is 255 g/mol. The molecule has 0 spiro atoms. The molecule has 3 aromatic rings. The Morgan fingerprint density at radius 1 is 1.32 bits per heavy atom. The van der Waals surface area contributed by atoms with E-state index in [1.807, 2.05) is 0 Å². The largest absolute Gasteiger partial charge is 0.445 e. The molecule has 0 bridgehead atoms. The van der Waals surface area contributed by atoms with Crippen molar-refractivity contribution in [1.29, 1.82) is 0 Å². The Labute approximate surface area is 112 Å². The molecule has 0 aliphatic rings. The molecule has 4 heteroatoms.